The van der Waals surface area contributed by atoms with Gasteiger partial charge in [0, 0.05) is 18.5 Å². The Morgan fingerprint density at radius 1 is 1.24 bits per heavy atom. The topological polar surface area (TPSA) is 37.8 Å². The Morgan fingerprint density at radius 2 is 2.06 bits per heavy atom. The van der Waals surface area contributed by atoms with Crippen LogP contribution in [0.1, 0.15) is 5.01 Å². The van der Waals surface area contributed by atoms with Gasteiger partial charge in [0.25, 0.3) is 0 Å². The van der Waals surface area contributed by atoms with Gasteiger partial charge in [0.15, 0.2) is 11.6 Å². The summed E-state index contributed by atoms with van der Waals surface area (Å²) in [6, 6.07) is 3.73. The molecule has 1 heterocycles. The molecule has 0 amide bonds. The molecule has 0 spiro atoms. The number of nitrogens with zero attached hydrogens (tertiary/aromatic N) is 2. The van der Waals surface area contributed by atoms with Gasteiger partial charge in [-0.05, 0) is 25.2 Å². The third-order valence-electron chi connectivity index (χ3n) is 2.22. The maximum Gasteiger partial charge on any atom is 0.159 e. The Morgan fingerprint density at radius 3 is 2.76 bits per heavy atom. The minimum Gasteiger partial charge on any atom is -0.319 e. The first-order valence-corrected chi connectivity index (χ1v) is 5.95. The number of rotatable bonds is 4. The second kappa shape index (κ2) is 5.29. The largest absolute Gasteiger partial charge is 0.319 e. The maximum absolute atomic E-state index is 13.0. The van der Waals surface area contributed by atoms with Crippen LogP contribution in [-0.2, 0) is 6.42 Å². The summed E-state index contributed by atoms with van der Waals surface area (Å²) in [5.41, 5.74) is 0.553. The zero-order valence-corrected chi connectivity index (χ0v) is 10.0. The van der Waals surface area contributed by atoms with Crippen LogP contribution in [0.25, 0.3) is 10.6 Å². The number of halogens is 2. The summed E-state index contributed by atoms with van der Waals surface area (Å²) in [6.07, 6.45) is 0.776. The van der Waals surface area contributed by atoms with Gasteiger partial charge in [-0.2, -0.15) is 0 Å². The number of hydrogen-bond acceptors (Lipinski definition) is 4. The molecule has 0 aliphatic heterocycles. The van der Waals surface area contributed by atoms with Gasteiger partial charge in [-0.25, -0.2) is 8.78 Å². The molecule has 0 bridgehead atoms. The van der Waals surface area contributed by atoms with Gasteiger partial charge in [0.1, 0.15) is 10.0 Å². The van der Waals surface area contributed by atoms with E-state index in [9.17, 15) is 8.78 Å². The van der Waals surface area contributed by atoms with Crippen molar-refractivity contribution in [1.29, 1.82) is 0 Å². The van der Waals surface area contributed by atoms with E-state index in [1.165, 1.54) is 17.4 Å². The van der Waals surface area contributed by atoms with E-state index in [4.69, 9.17) is 0 Å². The molecule has 0 atom stereocenters. The van der Waals surface area contributed by atoms with Gasteiger partial charge in [0.05, 0.1) is 0 Å². The summed E-state index contributed by atoms with van der Waals surface area (Å²) in [6.45, 7) is 0.812. The average Bonchev–Trinajstić information content (AvgIpc) is 2.79. The first kappa shape index (κ1) is 12.1. The summed E-state index contributed by atoms with van der Waals surface area (Å²) in [5, 5.41) is 12.4. The normalized spacial score (nSPS) is 10.8. The molecule has 1 N–H and O–H groups in total. The third-order valence-corrected chi connectivity index (χ3v) is 3.25. The van der Waals surface area contributed by atoms with Gasteiger partial charge in [0.2, 0.25) is 0 Å². The predicted octanol–water partition coefficient (Wildman–Crippen LogP) is 2.25. The minimum atomic E-state index is -0.866. The molecule has 17 heavy (non-hydrogen) atoms. The van der Waals surface area contributed by atoms with Crippen molar-refractivity contribution in [2.24, 2.45) is 0 Å². The van der Waals surface area contributed by atoms with Crippen molar-refractivity contribution in [1.82, 2.24) is 15.5 Å². The fourth-order valence-corrected chi connectivity index (χ4v) is 2.17. The number of hydrogen-bond donors (Lipinski definition) is 1. The number of aromatic nitrogens is 2. The van der Waals surface area contributed by atoms with Crippen LogP contribution in [0.3, 0.4) is 0 Å². The lowest BCUT2D eigenvalue weighted by Gasteiger charge is -1.96. The molecule has 0 aliphatic rings. The summed E-state index contributed by atoms with van der Waals surface area (Å²) >= 11 is 1.39. The maximum atomic E-state index is 13.0. The van der Waals surface area contributed by atoms with E-state index in [0.717, 1.165) is 30.1 Å². The van der Waals surface area contributed by atoms with E-state index in [2.05, 4.69) is 15.5 Å². The first-order chi connectivity index (χ1) is 8.20. The Balaban J connectivity index is 2.21. The highest BCUT2D eigenvalue weighted by molar-refractivity contribution is 7.14. The van der Waals surface area contributed by atoms with E-state index in [-0.39, 0.29) is 0 Å². The van der Waals surface area contributed by atoms with Gasteiger partial charge in [-0.15, -0.1) is 10.2 Å². The highest BCUT2D eigenvalue weighted by Gasteiger charge is 2.09. The molecule has 0 radical (unpaired) electrons. The SMILES string of the molecule is CNCCc1nnc(-c2ccc(F)c(F)c2)s1. The van der Waals surface area contributed by atoms with Gasteiger partial charge in [-0.3, -0.25) is 0 Å². The number of benzene rings is 1. The molecule has 0 saturated carbocycles. The van der Waals surface area contributed by atoms with Crippen molar-refractivity contribution in [3.8, 4) is 10.6 Å². The van der Waals surface area contributed by atoms with Crippen molar-refractivity contribution in [2.75, 3.05) is 13.6 Å². The lowest BCUT2D eigenvalue weighted by Crippen LogP contribution is -2.09. The van der Waals surface area contributed by atoms with Gasteiger partial charge >= 0.3 is 0 Å². The van der Waals surface area contributed by atoms with Crippen LogP contribution in [0.2, 0.25) is 0 Å². The molecule has 1 aromatic carbocycles. The molecule has 1 aromatic heterocycles. The number of likely N-dealkylation sites (N-methyl/N-ethyl adjacent to an activating group) is 1. The Hall–Kier alpha value is -1.40. The third kappa shape index (κ3) is 2.83. The van der Waals surface area contributed by atoms with Crippen LogP contribution in [0.5, 0.6) is 0 Å². The van der Waals surface area contributed by atoms with Crippen LogP contribution in [0.4, 0.5) is 8.78 Å². The van der Waals surface area contributed by atoms with Crippen molar-refractivity contribution in [2.45, 2.75) is 6.42 Å². The Labute approximate surface area is 102 Å². The van der Waals surface area contributed by atoms with Crippen LogP contribution in [-0.4, -0.2) is 23.8 Å². The van der Waals surface area contributed by atoms with Crippen LogP contribution < -0.4 is 5.32 Å². The first-order valence-electron chi connectivity index (χ1n) is 5.13. The van der Waals surface area contributed by atoms with Crippen molar-refractivity contribution >= 4 is 11.3 Å². The fraction of sp³-hybridized carbons (Fsp3) is 0.273. The molecule has 0 fully saturated rings. The quantitative estimate of drug-likeness (QED) is 0.910. The minimum absolute atomic E-state index is 0.553. The van der Waals surface area contributed by atoms with E-state index in [1.54, 1.807) is 0 Å². The van der Waals surface area contributed by atoms with E-state index in [1.807, 2.05) is 7.05 Å². The molecular weight excluding hydrogens is 244 g/mol. The van der Waals surface area contributed by atoms with E-state index < -0.39 is 11.6 Å². The molecule has 0 unspecified atom stereocenters. The fourth-order valence-electron chi connectivity index (χ4n) is 1.33. The average molecular weight is 255 g/mol. The molecule has 2 rings (SSSR count). The molecule has 0 aliphatic carbocycles. The predicted molar refractivity (Wildman–Crippen MR) is 62.9 cm³/mol. The Bertz CT molecular complexity index is 513. The van der Waals surface area contributed by atoms with Crippen LogP contribution >= 0.6 is 11.3 Å². The lowest BCUT2D eigenvalue weighted by atomic mass is 10.2. The summed E-state index contributed by atoms with van der Waals surface area (Å²) < 4.78 is 25.8. The van der Waals surface area contributed by atoms with Crippen molar-refractivity contribution in [3.63, 3.8) is 0 Å². The zero-order valence-electron chi connectivity index (χ0n) is 9.20. The van der Waals surface area contributed by atoms with E-state index >= 15 is 0 Å². The molecule has 2 aromatic rings. The molecule has 90 valence electrons. The molecule has 3 nitrogen and oxygen atoms in total. The van der Waals surface area contributed by atoms with E-state index in [0.29, 0.717) is 10.6 Å². The summed E-state index contributed by atoms with van der Waals surface area (Å²) in [5.74, 6) is -1.72. The monoisotopic (exact) mass is 255 g/mol. The second-order valence-corrected chi connectivity index (χ2v) is 4.55. The second-order valence-electron chi connectivity index (χ2n) is 3.48. The van der Waals surface area contributed by atoms with Gasteiger partial charge < -0.3 is 5.32 Å². The highest BCUT2D eigenvalue weighted by atomic mass is 32.1. The summed E-state index contributed by atoms with van der Waals surface area (Å²) in [7, 11) is 1.86. The lowest BCUT2D eigenvalue weighted by molar-refractivity contribution is 0.509. The smallest absolute Gasteiger partial charge is 0.159 e. The van der Waals surface area contributed by atoms with Gasteiger partial charge in [-0.1, -0.05) is 11.3 Å². The standard InChI is InChI=1S/C11H11F2N3S/c1-14-5-4-10-15-16-11(17-10)7-2-3-8(12)9(13)6-7/h2-3,6,14H,4-5H2,1H3. The molecule has 0 saturated heterocycles. The molecular formula is C11H11F2N3S. The van der Waals surface area contributed by atoms with Crippen LogP contribution in [0, 0.1) is 11.6 Å². The zero-order chi connectivity index (χ0) is 12.3. The Kier molecular flexibility index (Phi) is 3.75. The number of nitrogens with one attached hydrogen (secondary N) is 1. The van der Waals surface area contributed by atoms with Crippen molar-refractivity contribution in [3.05, 3.63) is 34.8 Å². The molecule has 6 heteroatoms. The highest BCUT2D eigenvalue weighted by Crippen LogP contribution is 2.24. The summed E-state index contributed by atoms with van der Waals surface area (Å²) in [4.78, 5) is 0. The van der Waals surface area contributed by atoms with Crippen molar-refractivity contribution < 1.29 is 8.78 Å². The van der Waals surface area contributed by atoms with Crippen LogP contribution in [0.15, 0.2) is 18.2 Å².